The molecule has 6 heteroatoms. The van der Waals surface area contributed by atoms with Crippen LogP contribution in [0.5, 0.6) is 11.5 Å². The maximum atomic E-state index is 7.19. The summed E-state index contributed by atoms with van der Waals surface area (Å²) in [4.78, 5) is 5.40. The summed E-state index contributed by atoms with van der Waals surface area (Å²) in [6.07, 6.45) is 3.50. The van der Waals surface area contributed by atoms with E-state index >= 15 is 0 Å². The number of benzene rings is 5. The molecule has 0 saturated heterocycles. The number of aromatic nitrogens is 2. The van der Waals surface area contributed by atoms with Gasteiger partial charge in [-0.2, -0.15) is 0 Å². The zero-order valence-electron chi connectivity index (χ0n) is 28.5. The molecule has 0 bridgehead atoms. The Labute approximate surface area is 287 Å². The predicted octanol–water partition coefficient (Wildman–Crippen LogP) is 9.30. The van der Waals surface area contributed by atoms with Gasteiger partial charge in [0.2, 0.25) is 0 Å². The van der Waals surface area contributed by atoms with Gasteiger partial charge in [0.05, 0.1) is 0 Å². The number of anilines is 4. The van der Waals surface area contributed by atoms with Crippen LogP contribution >= 0.6 is 7.41 Å². The van der Waals surface area contributed by atoms with Gasteiger partial charge in [-0.3, -0.25) is 0 Å². The van der Waals surface area contributed by atoms with Crippen LogP contribution in [0.15, 0.2) is 109 Å². The molecule has 5 aromatic carbocycles. The number of fused-ring (bicyclic) bond motifs is 9. The van der Waals surface area contributed by atoms with Crippen molar-refractivity contribution in [3.8, 4) is 17.3 Å². The van der Waals surface area contributed by atoms with Crippen LogP contribution < -0.4 is 29.5 Å². The van der Waals surface area contributed by atoms with E-state index in [4.69, 9.17) is 4.74 Å². The first-order chi connectivity index (χ1) is 23.9. The summed E-state index contributed by atoms with van der Waals surface area (Å²) < 4.78 is 12.5. The fraction of sp³-hybridized carbons (Fsp3) is 0.186. The molecule has 6 heterocycles. The molecule has 2 aromatic heterocycles. The molecule has 11 rings (SSSR count). The van der Waals surface area contributed by atoms with Crippen molar-refractivity contribution in [1.29, 1.82) is 0 Å². The average molecular weight is 658 g/mol. The van der Waals surface area contributed by atoms with Gasteiger partial charge < -0.3 is 0 Å². The van der Waals surface area contributed by atoms with E-state index in [1.54, 1.807) is 0 Å². The zero-order chi connectivity index (χ0) is 32.9. The van der Waals surface area contributed by atoms with E-state index in [9.17, 15) is 0 Å². The second kappa shape index (κ2) is 9.31. The minimum absolute atomic E-state index is 0.0786. The van der Waals surface area contributed by atoms with Crippen molar-refractivity contribution in [2.45, 2.75) is 52.9 Å². The number of nitrogens with zero attached hydrogens (tertiary/aromatic N) is 4. The van der Waals surface area contributed by atoms with E-state index in [-0.39, 0.29) is 11.8 Å². The Morgan fingerprint density at radius 3 is 2.20 bits per heavy atom. The van der Waals surface area contributed by atoms with Gasteiger partial charge in [-0.05, 0) is 0 Å². The van der Waals surface area contributed by atoms with E-state index in [1.807, 2.05) is 0 Å². The van der Waals surface area contributed by atoms with Gasteiger partial charge in [0, 0.05) is 0 Å². The zero-order valence-corrected chi connectivity index (χ0v) is 29.5. The first-order valence-corrected chi connectivity index (χ1v) is 19.6. The normalized spacial score (nSPS) is 19.3. The summed E-state index contributed by atoms with van der Waals surface area (Å²) in [7, 11) is -2.92. The van der Waals surface area contributed by atoms with Gasteiger partial charge in [-0.1, -0.05) is 0 Å². The topological polar surface area (TPSA) is 24.5 Å². The van der Waals surface area contributed by atoms with Crippen LogP contribution in [0.2, 0.25) is 0 Å². The number of rotatable bonds is 2. The van der Waals surface area contributed by atoms with Crippen LogP contribution in [0.25, 0.3) is 27.6 Å². The van der Waals surface area contributed by atoms with Gasteiger partial charge in [0.25, 0.3) is 0 Å². The summed E-state index contributed by atoms with van der Waals surface area (Å²) in [5, 5.41) is 5.46. The van der Waals surface area contributed by atoms with Crippen molar-refractivity contribution in [3.05, 3.63) is 132 Å². The van der Waals surface area contributed by atoms with Crippen molar-refractivity contribution in [3.63, 3.8) is 0 Å². The van der Waals surface area contributed by atoms with Crippen molar-refractivity contribution < 1.29 is 9.07 Å². The Hall–Kier alpha value is -5.12. The number of aryl methyl sites for hydroxylation is 4. The molecule has 1 spiro atoms. The third-order valence-electron chi connectivity index (χ3n) is 11.9. The summed E-state index contributed by atoms with van der Waals surface area (Å²) >= 11 is 0. The molecule has 4 aliphatic rings. The molecule has 2 atom stereocenters. The molecule has 49 heavy (non-hydrogen) atoms. The van der Waals surface area contributed by atoms with Crippen LogP contribution in [-0.2, 0) is 0 Å². The monoisotopic (exact) mass is 657 g/mol. The third-order valence-corrected chi connectivity index (χ3v) is 17.3. The number of para-hydroxylation sites is 3. The van der Waals surface area contributed by atoms with Crippen molar-refractivity contribution in [2.75, 3.05) is 9.80 Å². The van der Waals surface area contributed by atoms with Crippen LogP contribution in [0.3, 0.4) is 0 Å². The fourth-order valence-corrected chi connectivity index (χ4v) is 16.8. The molecular formula is C43H38N4OP+. The Balaban J connectivity index is 1.35. The Bertz CT molecular complexity index is 2600. The second-order valence-corrected chi connectivity index (χ2v) is 18.3. The Morgan fingerprint density at radius 2 is 1.41 bits per heavy atom. The number of hydrogen-bond donors (Lipinski definition) is 0. The van der Waals surface area contributed by atoms with Crippen molar-refractivity contribution >= 4 is 62.6 Å². The molecule has 0 radical (unpaired) electrons. The van der Waals surface area contributed by atoms with Gasteiger partial charge in [0.15, 0.2) is 0 Å². The summed E-state index contributed by atoms with van der Waals surface area (Å²) in [5.41, 5.74) is 13.2. The summed E-state index contributed by atoms with van der Waals surface area (Å²) in [6.45, 7) is 11.5. The average Bonchev–Trinajstić information content (AvgIpc) is 3.61. The first-order valence-electron chi connectivity index (χ1n) is 17.6. The minimum atomic E-state index is -2.92. The molecule has 0 saturated carbocycles. The van der Waals surface area contributed by atoms with Crippen molar-refractivity contribution in [2.24, 2.45) is 0 Å². The second-order valence-electron chi connectivity index (χ2n) is 14.5. The summed E-state index contributed by atoms with van der Waals surface area (Å²) in [6, 6.07) is 38.8. The van der Waals surface area contributed by atoms with E-state index in [0.29, 0.717) is 0 Å². The molecule has 0 fully saturated rings. The molecule has 2 unspecified atom stereocenters. The maximum absolute atomic E-state index is 7.19. The number of hydrogen-bond acceptors (Lipinski definition) is 3. The van der Waals surface area contributed by atoms with Gasteiger partial charge in [-0.15, -0.1) is 0 Å². The van der Waals surface area contributed by atoms with E-state index in [2.05, 4.69) is 163 Å². The standard InChI is InChI=1S/C43H38N4OP/c1-6-36-43-45(32-16-9-10-17-33(32)47(43)38-26(3)22-25(2)23-27(38)4)34-18-13-19-35-41(34)49(36)42-39-30(24-28(5)40(42)48-35)29-14-7-8-15-31(29)46(39)37-20-11-12-21-44(37)49/h7-24,36,43,49H,6H2,1-5H3/q+1. The molecule has 4 aliphatic heterocycles. The first kappa shape index (κ1) is 27.8. The van der Waals surface area contributed by atoms with Gasteiger partial charge in [0.1, 0.15) is 0 Å². The SMILES string of the molecule is CCC1C2N(c3ccccc3N2c2c(C)cc(C)cc2C)c2cccc3c2[PH]12c1c(c(C)cc4c5ccccc5n(c14)-c1cccc[n+]12)O3. The van der Waals surface area contributed by atoms with Crippen LogP contribution in [0.1, 0.15) is 35.6 Å². The molecule has 0 N–H and O–H groups in total. The Morgan fingerprint density at radius 1 is 0.694 bits per heavy atom. The molecular weight excluding hydrogens is 619 g/mol. The van der Waals surface area contributed by atoms with E-state index in [0.717, 1.165) is 17.9 Å². The molecule has 5 nitrogen and oxygen atoms in total. The fourth-order valence-electron chi connectivity index (χ4n) is 10.5. The number of ether oxygens (including phenoxy) is 1. The van der Waals surface area contributed by atoms with Gasteiger partial charge >= 0.3 is 288 Å². The quantitative estimate of drug-likeness (QED) is 0.173. The van der Waals surface area contributed by atoms with Crippen LogP contribution in [0.4, 0.5) is 22.7 Å². The summed E-state index contributed by atoms with van der Waals surface area (Å²) in [5.74, 6) is 3.33. The molecule has 0 aliphatic carbocycles. The van der Waals surface area contributed by atoms with Crippen LogP contribution in [0, 0.1) is 27.7 Å². The molecule has 240 valence electrons. The van der Waals surface area contributed by atoms with Crippen molar-refractivity contribution in [1.82, 2.24) is 4.57 Å². The molecule has 0 amide bonds. The Kier molecular flexibility index (Phi) is 5.28. The predicted molar refractivity (Wildman–Crippen MR) is 204 cm³/mol. The van der Waals surface area contributed by atoms with E-state index < -0.39 is 7.41 Å². The third kappa shape index (κ3) is 3.11. The molecule has 7 aromatic rings. The number of pyridine rings is 1. The van der Waals surface area contributed by atoms with E-state index in [1.165, 1.54) is 83.2 Å². The van der Waals surface area contributed by atoms with Crippen LogP contribution in [-0.4, -0.2) is 16.4 Å². The van der Waals surface area contributed by atoms with Gasteiger partial charge in [-0.25, -0.2) is 0 Å².